The van der Waals surface area contributed by atoms with Crippen LogP contribution in [0.15, 0.2) is 36.4 Å². The Labute approximate surface area is 118 Å². The highest BCUT2D eigenvalue weighted by Gasteiger charge is 2.16. The highest BCUT2D eigenvalue weighted by atomic mass is 19.1. The van der Waals surface area contributed by atoms with Gasteiger partial charge >= 0.3 is 11.7 Å². The molecule has 7 heteroatoms. The Morgan fingerprint density at radius 1 is 1.24 bits per heavy atom. The summed E-state index contributed by atoms with van der Waals surface area (Å²) in [6.45, 7) is 0. The molecule has 0 saturated heterocycles. The number of hydrogen-bond donors (Lipinski definition) is 1. The molecule has 0 bridgehead atoms. The summed E-state index contributed by atoms with van der Waals surface area (Å²) in [5, 5.41) is 20.1. The number of carbonyl (C=O) groups is 1. The Morgan fingerprint density at radius 2 is 1.86 bits per heavy atom. The minimum absolute atomic E-state index is 0.227. The number of halogens is 1. The Morgan fingerprint density at radius 3 is 2.43 bits per heavy atom. The second kappa shape index (κ2) is 5.58. The Balaban J connectivity index is 2.48. The molecule has 0 fully saturated rings. The molecule has 2 rings (SSSR count). The van der Waals surface area contributed by atoms with Gasteiger partial charge < -0.3 is 9.84 Å². The summed E-state index contributed by atoms with van der Waals surface area (Å²) >= 11 is 0. The van der Waals surface area contributed by atoms with Crippen LogP contribution in [-0.2, 0) is 4.74 Å². The summed E-state index contributed by atoms with van der Waals surface area (Å²) in [4.78, 5) is 21.3. The quantitative estimate of drug-likeness (QED) is 0.533. The van der Waals surface area contributed by atoms with Gasteiger partial charge in [-0.3, -0.25) is 10.1 Å². The normalized spacial score (nSPS) is 10.2. The average molecular weight is 291 g/mol. The van der Waals surface area contributed by atoms with Crippen molar-refractivity contribution in [2.24, 2.45) is 0 Å². The first-order valence-corrected chi connectivity index (χ1v) is 5.79. The minimum atomic E-state index is -0.810. The molecule has 0 unspecified atom stereocenters. The number of esters is 1. The molecule has 2 aromatic rings. The van der Waals surface area contributed by atoms with E-state index in [-0.39, 0.29) is 5.56 Å². The molecule has 0 aliphatic carbocycles. The molecule has 0 radical (unpaired) electrons. The van der Waals surface area contributed by atoms with Crippen molar-refractivity contribution in [1.82, 2.24) is 0 Å². The van der Waals surface area contributed by atoms with Crippen LogP contribution in [-0.4, -0.2) is 23.1 Å². The highest BCUT2D eigenvalue weighted by Crippen LogP contribution is 2.31. The Bertz CT molecular complexity index is 729. The van der Waals surface area contributed by atoms with Gasteiger partial charge in [-0.1, -0.05) is 12.1 Å². The fourth-order valence-electron chi connectivity index (χ4n) is 1.82. The van der Waals surface area contributed by atoms with Gasteiger partial charge in [-0.25, -0.2) is 9.18 Å². The molecule has 0 amide bonds. The second-order valence-corrected chi connectivity index (χ2v) is 4.15. The van der Waals surface area contributed by atoms with Crippen LogP contribution < -0.4 is 0 Å². The zero-order valence-electron chi connectivity index (χ0n) is 10.9. The molecule has 108 valence electrons. The van der Waals surface area contributed by atoms with Crippen LogP contribution in [0.4, 0.5) is 10.1 Å². The van der Waals surface area contributed by atoms with Gasteiger partial charge in [0.25, 0.3) is 0 Å². The van der Waals surface area contributed by atoms with E-state index in [1.54, 1.807) is 0 Å². The lowest BCUT2D eigenvalue weighted by atomic mass is 10.0. The molecule has 0 atom stereocenters. The van der Waals surface area contributed by atoms with E-state index in [0.29, 0.717) is 11.1 Å². The maximum Gasteiger partial charge on any atom is 0.340 e. The van der Waals surface area contributed by atoms with Gasteiger partial charge in [0.2, 0.25) is 0 Å². The second-order valence-electron chi connectivity index (χ2n) is 4.15. The predicted octanol–water partition coefficient (Wildman–Crippen LogP) is 2.89. The molecular formula is C14H10FNO5. The molecule has 6 nitrogen and oxygen atoms in total. The number of rotatable bonds is 3. The van der Waals surface area contributed by atoms with E-state index in [1.807, 2.05) is 0 Å². The molecule has 0 spiro atoms. The number of hydrogen-bond acceptors (Lipinski definition) is 5. The number of ether oxygens (including phenoxy) is 1. The number of carbonyl (C=O) groups excluding carboxylic acids is 1. The molecule has 21 heavy (non-hydrogen) atoms. The van der Waals surface area contributed by atoms with Crippen molar-refractivity contribution in [3.63, 3.8) is 0 Å². The SMILES string of the molecule is COC(=O)c1ccc(-c2ccc(O)c([N+](=O)[O-])c2)cc1F. The molecule has 1 N–H and O–H groups in total. The van der Waals surface area contributed by atoms with Gasteiger partial charge in [0.1, 0.15) is 5.82 Å². The van der Waals surface area contributed by atoms with Gasteiger partial charge in [-0.15, -0.1) is 0 Å². The highest BCUT2D eigenvalue weighted by molar-refractivity contribution is 5.90. The van der Waals surface area contributed by atoms with Crippen LogP contribution in [0.2, 0.25) is 0 Å². The van der Waals surface area contributed by atoms with Crippen LogP contribution in [0.25, 0.3) is 11.1 Å². The molecular weight excluding hydrogens is 281 g/mol. The first-order valence-electron chi connectivity index (χ1n) is 5.79. The first-order chi connectivity index (χ1) is 9.93. The van der Waals surface area contributed by atoms with Gasteiger partial charge in [0.05, 0.1) is 17.6 Å². The van der Waals surface area contributed by atoms with Crippen molar-refractivity contribution < 1.29 is 24.0 Å². The predicted molar refractivity (Wildman–Crippen MR) is 71.5 cm³/mol. The number of nitro groups is 1. The van der Waals surface area contributed by atoms with Crippen molar-refractivity contribution in [3.05, 3.63) is 57.9 Å². The number of benzene rings is 2. The van der Waals surface area contributed by atoms with Gasteiger partial charge in [0.15, 0.2) is 5.75 Å². The van der Waals surface area contributed by atoms with Gasteiger partial charge in [-0.2, -0.15) is 0 Å². The van der Waals surface area contributed by atoms with Crippen molar-refractivity contribution >= 4 is 11.7 Å². The molecule has 0 heterocycles. The number of nitrogens with zero attached hydrogens (tertiary/aromatic N) is 1. The van der Waals surface area contributed by atoms with E-state index >= 15 is 0 Å². The molecule has 2 aromatic carbocycles. The molecule has 0 aliphatic heterocycles. The topological polar surface area (TPSA) is 89.7 Å². The van der Waals surface area contributed by atoms with E-state index in [4.69, 9.17) is 0 Å². The molecule has 0 aliphatic rings. The number of phenolic OH excluding ortho intramolecular Hbond substituents is 1. The number of methoxy groups -OCH3 is 1. The summed E-state index contributed by atoms with van der Waals surface area (Å²) in [6, 6.07) is 7.43. The van der Waals surface area contributed by atoms with E-state index in [0.717, 1.165) is 25.3 Å². The third-order valence-electron chi connectivity index (χ3n) is 2.88. The summed E-state index contributed by atoms with van der Waals surface area (Å²) in [7, 11) is 1.14. The van der Waals surface area contributed by atoms with E-state index in [1.165, 1.54) is 18.2 Å². The lowest BCUT2D eigenvalue weighted by Crippen LogP contribution is -2.04. The van der Waals surface area contributed by atoms with Crippen LogP contribution >= 0.6 is 0 Å². The van der Waals surface area contributed by atoms with Crippen LogP contribution in [0.1, 0.15) is 10.4 Å². The van der Waals surface area contributed by atoms with Gasteiger partial charge in [-0.05, 0) is 29.3 Å². The summed E-state index contributed by atoms with van der Waals surface area (Å²) < 4.78 is 18.3. The monoisotopic (exact) mass is 291 g/mol. The molecule has 0 aromatic heterocycles. The lowest BCUT2D eigenvalue weighted by molar-refractivity contribution is -0.385. The third kappa shape index (κ3) is 2.81. The zero-order chi connectivity index (χ0) is 15.6. The average Bonchev–Trinajstić information content (AvgIpc) is 2.46. The van der Waals surface area contributed by atoms with E-state index in [2.05, 4.69) is 4.74 Å². The lowest BCUT2D eigenvalue weighted by Gasteiger charge is -2.06. The van der Waals surface area contributed by atoms with Crippen molar-refractivity contribution in [1.29, 1.82) is 0 Å². The maximum atomic E-state index is 13.8. The van der Waals surface area contributed by atoms with Crippen LogP contribution in [0.3, 0.4) is 0 Å². The first kappa shape index (κ1) is 14.4. The zero-order valence-corrected chi connectivity index (χ0v) is 10.9. The Hall–Kier alpha value is -2.96. The maximum absolute atomic E-state index is 13.8. The van der Waals surface area contributed by atoms with Crippen molar-refractivity contribution in [3.8, 4) is 16.9 Å². The fourth-order valence-corrected chi connectivity index (χ4v) is 1.82. The van der Waals surface area contributed by atoms with Crippen molar-refractivity contribution in [2.75, 3.05) is 7.11 Å². The number of phenols is 1. The largest absolute Gasteiger partial charge is 0.502 e. The van der Waals surface area contributed by atoms with E-state index < -0.39 is 28.1 Å². The number of aromatic hydroxyl groups is 1. The fraction of sp³-hybridized carbons (Fsp3) is 0.0714. The number of nitro benzene ring substituents is 1. The summed E-state index contributed by atoms with van der Waals surface area (Å²) in [6.07, 6.45) is 0. The summed E-state index contributed by atoms with van der Waals surface area (Å²) in [5.41, 5.74) is -0.0300. The smallest absolute Gasteiger partial charge is 0.340 e. The summed E-state index contributed by atoms with van der Waals surface area (Å²) in [5.74, 6) is -2.08. The third-order valence-corrected chi connectivity index (χ3v) is 2.88. The molecule has 0 saturated carbocycles. The Kier molecular flexibility index (Phi) is 3.84. The van der Waals surface area contributed by atoms with E-state index in [9.17, 15) is 24.4 Å². The van der Waals surface area contributed by atoms with Crippen LogP contribution in [0.5, 0.6) is 5.75 Å². The van der Waals surface area contributed by atoms with Crippen molar-refractivity contribution in [2.45, 2.75) is 0 Å². The minimum Gasteiger partial charge on any atom is -0.502 e. The van der Waals surface area contributed by atoms with Gasteiger partial charge in [0, 0.05) is 6.07 Å². The van der Waals surface area contributed by atoms with Crippen LogP contribution in [0, 0.1) is 15.9 Å². The standard InChI is InChI=1S/C14H10FNO5/c1-21-14(18)10-4-2-8(6-11(10)15)9-3-5-13(17)12(7-9)16(19)20/h2-7,17H,1H3.